The van der Waals surface area contributed by atoms with Gasteiger partial charge in [-0.15, -0.1) is 11.3 Å². The molecule has 1 aliphatic rings. The molecule has 2 rings (SSSR count). The summed E-state index contributed by atoms with van der Waals surface area (Å²) < 4.78 is 0. The molecule has 2 N–H and O–H groups in total. The predicted octanol–water partition coefficient (Wildman–Crippen LogP) is 3.34. The molecule has 4 heteroatoms. The normalized spacial score (nSPS) is 17.1. The molecule has 0 amide bonds. The van der Waals surface area contributed by atoms with Crippen molar-refractivity contribution in [3.8, 4) is 0 Å². The molecule has 1 fully saturated rings. The third kappa shape index (κ3) is 5.53. The summed E-state index contributed by atoms with van der Waals surface area (Å²) in [5.74, 6) is 1.95. The van der Waals surface area contributed by atoms with Crippen LogP contribution in [0.1, 0.15) is 42.4 Å². The number of aryl methyl sites for hydroxylation is 1. The molecule has 1 aliphatic carbocycles. The first-order valence-electron chi connectivity index (χ1n) is 7.70. The Kier molecular flexibility index (Phi) is 5.89. The molecule has 1 atom stereocenters. The van der Waals surface area contributed by atoms with Crippen LogP contribution in [0.2, 0.25) is 0 Å². The average Bonchev–Trinajstić information content (AvgIpc) is 3.16. The number of hydrogen-bond acceptors (Lipinski definition) is 2. The Hall–Kier alpha value is -1.03. The molecule has 0 aromatic carbocycles. The second kappa shape index (κ2) is 7.67. The number of nitrogens with one attached hydrogen (secondary N) is 2. The van der Waals surface area contributed by atoms with Gasteiger partial charge >= 0.3 is 0 Å². The summed E-state index contributed by atoms with van der Waals surface area (Å²) in [5, 5.41) is 6.89. The zero-order valence-corrected chi connectivity index (χ0v) is 13.7. The molecule has 1 saturated carbocycles. The molecule has 112 valence electrons. The van der Waals surface area contributed by atoms with Crippen LogP contribution in [0.25, 0.3) is 0 Å². The molecule has 1 aromatic heterocycles. The third-order valence-corrected chi connectivity index (χ3v) is 4.71. The molecule has 0 radical (unpaired) electrons. The Balaban J connectivity index is 1.65. The van der Waals surface area contributed by atoms with Crippen LogP contribution in [-0.4, -0.2) is 25.6 Å². The topological polar surface area (TPSA) is 36.4 Å². The van der Waals surface area contributed by atoms with Crippen molar-refractivity contribution < 1.29 is 0 Å². The van der Waals surface area contributed by atoms with Gasteiger partial charge in [0.25, 0.3) is 0 Å². The number of rotatable bonds is 7. The highest BCUT2D eigenvalue weighted by atomic mass is 32.1. The van der Waals surface area contributed by atoms with Gasteiger partial charge in [-0.05, 0) is 44.7 Å². The summed E-state index contributed by atoms with van der Waals surface area (Å²) in [4.78, 5) is 7.13. The largest absolute Gasteiger partial charge is 0.356 e. The van der Waals surface area contributed by atoms with E-state index in [1.165, 1.54) is 35.4 Å². The Morgan fingerprint density at radius 3 is 2.85 bits per heavy atom. The molecular formula is C16H27N3S. The number of thiophene rings is 1. The molecule has 1 unspecified atom stereocenters. The van der Waals surface area contributed by atoms with E-state index in [1.807, 2.05) is 18.4 Å². The molecule has 1 heterocycles. The monoisotopic (exact) mass is 293 g/mol. The number of guanidine groups is 1. The van der Waals surface area contributed by atoms with Gasteiger partial charge < -0.3 is 10.6 Å². The second-order valence-electron chi connectivity index (χ2n) is 5.85. The zero-order valence-electron chi connectivity index (χ0n) is 12.9. The van der Waals surface area contributed by atoms with E-state index in [9.17, 15) is 0 Å². The van der Waals surface area contributed by atoms with Crippen molar-refractivity contribution in [2.75, 3.05) is 13.6 Å². The van der Waals surface area contributed by atoms with Crippen molar-refractivity contribution >= 4 is 17.3 Å². The molecule has 3 nitrogen and oxygen atoms in total. The predicted molar refractivity (Wildman–Crippen MR) is 88.7 cm³/mol. The highest BCUT2D eigenvalue weighted by molar-refractivity contribution is 7.11. The van der Waals surface area contributed by atoms with Gasteiger partial charge in [0.05, 0.1) is 0 Å². The van der Waals surface area contributed by atoms with E-state index in [0.29, 0.717) is 6.04 Å². The van der Waals surface area contributed by atoms with Gasteiger partial charge in [0, 0.05) is 35.8 Å². The van der Waals surface area contributed by atoms with Crippen molar-refractivity contribution in [1.82, 2.24) is 10.6 Å². The van der Waals surface area contributed by atoms with E-state index >= 15 is 0 Å². The third-order valence-electron chi connectivity index (χ3n) is 3.69. The maximum atomic E-state index is 4.30. The van der Waals surface area contributed by atoms with Gasteiger partial charge in [-0.25, -0.2) is 0 Å². The smallest absolute Gasteiger partial charge is 0.191 e. The molecule has 1 aromatic rings. The maximum Gasteiger partial charge on any atom is 0.191 e. The summed E-state index contributed by atoms with van der Waals surface area (Å²) in [6.45, 7) is 5.40. The van der Waals surface area contributed by atoms with Crippen molar-refractivity contribution in [3.63, 3.8) is 0 Å². The van der Waals surface area contributed by atoms with Gasteiger partial charge in [-0.3, -0.25) is 4.99 Å². The summed E-state index contributed by atoms with van der Waals surface area (Å²) in [6.07, 6.45) is 6.58. The molecule has 0 aliphatic heterocycles. The van der Waals surface area contributed by atoms with Crippen LogP contribution in [0.5, 0.6) is 0 Å². The summed E-state index contributed by atoms with van der Waals surface area (Å²) >= 11 is 1.88. The summed E-state index contributed by atoms with van der Waals surface area (Å²) in [6, 6.07) is 4.82. The summed E-state index contributed by atoms with van der Waals surface area (Å²) in [7, 11) is 1.85. The van der Waals surface area contributed by atoms with Gasteiger partial charge in [0.1, 0.15) is 0 Å². The molecule has 0 spiro atoms. The zero-order chi connectivity index (χ0) is 14.4. The fourth-order valence-electron chi connectivity index (χ4n) is 2.38. The lowest BCUT2D eigenvalue weighted by atomic mass is 10.2. The van der Waals surface area contributed by atoms with E-state index in [0.717, 1.165) is 24.8 Å². The Morgan fingerprint density at radius 2 is 2.25 bits per heavy atom. The van der Waals surface area contributed by atoms with E-state index in [-0.39, 0.29) is 0 Å². The fraction of sp³-hybridized carbons (Fsp3) is 0.688. The van der Waals surface area contributed by atoms with E-state index in [4.69, 9.17) is 0 Å². The summed E-state index contributed by atoms with van der Waals surface area (Å²) in [5.41, 5.74) is 0. The van der Waals surface area contributed by atoms with Crippen molar-refractivity contribution in [1.29, 1.82) is 0 Å². The Labute approximate surface area is 126 Å². The van der Waals surface area contributed by atoms with Gasteiger partial charge in [-0.1, -0.05) is 12.8 Å². The SMILES string of the molecule is CN=C(NCCCC1CC1)NC(C)Cc1ccc(C)s1. The first-order chi connectivity index (χ1) is 9.67. The lowest BCUT2D eigenvalue weighted by Crippen LogP contribution is -2.43. The first kappa shape index (κ1) is 15.4. The van der Waals surface area contributed by atoms with Crippen molar-refractivity contribution in [2.45, 2.75) is 52.0 Å². The standard InChI is InChI=1S/C16H27N3S/c1-12(11-15-9-6-13(2)20-15)19-16(17-3)18-10-4-5-14-7-8-14/h6,9,12,14H,4-5,7-8,10-11H2,1-3H3,(H2,17,18,19). The first-order valence-corrected chi connectivity index (χ1v) is 8.51. The van der Waals surface area contributed by atoms with Crippen LogP contribution in [0.15, 0.2) is 17.1 Å². The molecular weight excluding hydrogens is 266 g/mol. The van der Waals surface area contributed by atoms with Crippen LogP contribution in [0, 0.1) is 12.8 Å². The van der Waals surface area contributed by atoms with Crippen LogP contribution in [-0.2, 0) is 6.42 Å². The van der Waals surface area contributed by atoms with Crippen LogP contribution >= 0.6 is 11.3 Å². The highest BCUT2D eigenvalue weighted by Gasteiger charge is 2.20. The van der Waals surface area contributed by atoms with Crippen molar-refractivity contribution in [2.24, 2.45) is 10.9 Å². The highest BCUT2D eigenvalue weighted by Crippen LogP contribution is 2.33. The minimum Gasteiger partial charge on any atom is -0.356 e. The van der Waals surface area contributed by atoms with Gasteiger partial charge in [0.15, 0.2) is 5.96 Å². The van der Waals surface area contributed by atoms with Crippen LogP contribution < -0.4 is 10.6 Å². The molecule has 20 heavy (non-hydrogen) atoms. The molecule has 0 saturated heterocycles. The minimum absolute atomic E-state index is 0.405. The quantitative estimate of drug-likeness (QED) is 0.459. The lowest BCUT2D eigenvalue weighted by molar-refractivity contribution is 0.618. The van der Waals surface area contributed by atoms with E-state index in [1.54, 1.807) is 0 Å². The Morgan fingerprint density at radius 1 is 1.45 bits per heavy atom. The number of aliphatic imine (C=N–C) groups is 1. The number of hydrogen-bond donors (Lipinski definition) is 2. The maximum absolute atomic E-state index is 4.30. The second-order valence-corrected chi connectivity index (χ2v) is 7.22. The number of nitrogens with zero attached hydrogens (tertiary/aromatic N) is 1. The average molecular weight is 293 g/mol. The van der Waals surface area contributed by atoms with Crippen LogP contribution in [0.3, 0.4) is 0 Å². The fourth-order valence-corrected chi connectivity index (χ4v) is 3.40. The van der Waals surface area contributed by atoms with E-state index < -0.39 is 0 Å². The van der Waals surface area contributed by atoms with Gasteiger partial charge in [-0.2, -0.15) is 0 Å². The Bertz CT molecular complexity index is 435. The van der Waals surface area contributed by atoms with Gasteiger partial charge in [0.2, 0.25) is 0 Å². The van der Waals surface area contributed by atoms with E-state index in [2.05, 4.69) is 41.6 Å². The van der Waals surface area contributed by atoms with Crippen LogP contribution in [0.4, 0.5) is 0 Å². The minimum atomic E-state index is 0.405. The molecule has 0 bridgehead atoms. The van der Waals surface area contributed by atoms with Crippen molar-refractivity contribution in [3.05, 3.63) is 21.9 Å². The lowest BCUT2D eigenvalue weighted by Gasteiger charge is -2.17.